The molecule has 1 aliphatic heterocycles. The second kappa shape index (κ2) is 11.9. The van der Waals surface area contributed by atoms with Crippen LogP contribution >= 0.6 is 0 Å². The number of nitrogens with one attached hydrogen (secondary N) is 1. The maximum atomic E-state index is 5.94. The van der Waals surface area contributed by atoms with E-state index in [2.05, 4.69) is 17.1 Å². The van der Waals surface area contributed by atoms with Gasteiger partial charge in [0.2, 0.25) is 0 Å². The number of guanidine groups is 1. The monoisotopic (exact) mass is 351 g/mol. The molecule has 0 spiro atoms. The van der Waals surface area contributed by atoms with Gasteiger partial charge in [-0.25, -0.2) is 0 Å². The van der Waals surface area contributed by atoms with Gasteiger partial charge >= 0.3 is 0 Å². The summed E-state index contributed by atoms with van der Waals surface area (Å²) in [7, 11) is 1.73. The van der Waals surface area contributed by atoms with Gasteiger partial charge in [-0.05, 0) is 37.8 Å². The van der Waals surface area contributed by atoms with Gasteiger partial charge in [0.25, 0.3) is 0 Å². The quantitative estimate of drug-likeness (QED) is 0.399. The molecule has 1 fully saturated rings. The first-order valence-corrected chi connectivity index (χ1v) is 9.49. The third kappa shape index (κ3) is 7.48. The summed E-state index contributed by atoms with van der Waals surface area (Å²) in [4.78, 5) is 7.09. The Morgan fingerprint density at radius 2 is 2.20 bits per heavy atom. The van der Waals surface area contributed by atoms with E-state index >= 15 is 0 Å². The van der Waals surface area contributed by atoms with Gasteiger partial charge in [0.15, 0.2) is 5.96 Å². The number of piperidine rings is 1. The molecule has 6 heteroatoms. The van der Waals surface area contributed by atoms with Crippen LogP contribution in [0.2, 0.25) is 0 Å². The summed E-state index contributed by atoms with van der Waals surface area (Å²) in [6.45, 7) is 7.39. The fourth-order valence-electron chi connectivity index (χ4n) is 2.93. The Bertz CT molecular complexity index is 468. The first-order valence-electron chi connectivity index (χ1n) is 9.49. The third-order valence-electron chi connectivity index (χ3n) is 4.31. The zero-order chi connectivity index (χ0) is 17.7. The van der Waals surface area contributed by atoms with Gasteiger partial charge in [-0.2, -0.15) is 0 Å². The molecule has 0 saturated carbocycles. The number of furan rings is 1. The van der Waals surface area contributed by atoms with Crippen molar-refractivity contribution in [2.24, 2.45) is 4.99 Å². The number of nitrogens with zero attached hydrogens (tertiary/aromatic N) is 2. The lowest BCUT2D eigenvalue weighted by Crippen LogP contribution is -2.47. The molecule has 1 aromatic heterocycles. The second-order valence-corrected chi connectivity index (χ2v) is 6.37. The maximum absolute atomic E-state index is 5.94. The SMILES string of the molecule is CCCN=C(NCCc1ccco1)N1CCC(OCCCOC)CC1. The lowest BCUT2D eigenvalue weighted by Gasteiger charge is -2.34. The second-order valence-electron chi connectivity index (χ2n) is 6.37. The number of hydrogen-bond donors (Lipinski definition) is 1. The minimum Gasteiger partial charge on any atom is -0.469 e. The van der Waals surface area contributed by atoms with Gasteiger partial charge < -0.3 is 24.1 Å². The van der Waals surface area contributed by atoms with E-state index in [-0.39, 0.29) is 0 Å². The highest BCUT2D eigenvalue weighted by molar-refractivity contribution is 5.80. The molecule has 0 aromatic carbocycles. The van der Waals surface area contributed by atoms with E-state index < -0.39 is 0 Å². The van der Waals surface area contributed by atoms with Crippen LogP contribution < -0.4 is 5.32 Å². The van der Waals surface area contributed by atoms with Crippen molar-refractivity contribution >= 4 is 5.96 Å². The average Bonchev–Trinajstić information content (AvgIpc) is 3.16. The van der Waals surface area contributed by atoms with E-state index in [9.17, 15) is 0 Å². The Morgan fingerprint density at radius 1 is 1.36 bits per heavy atom. The topological polar surface area (TPSA) is 59.2 Å². The smallest absolute Gasteiger partial charge is 0.193 e. The van der Waals surface area contributed by atoms with Crippen LogP contribution in [0.4, 0.5) is 0 Å². The van der Waals surface area contributed by atoms with E-state index in [1.807, 2.05) is 12.1 Å². The van der Waals surface area contributed by atoms with Crippen LogP contribution in [0.25, 0.3) is 0 Å². The van der Waals surface area contributed by atoms with Gasteiger partial charge in [0, 0.05) is 52.9 Å². The number of likely N-dealkylation sites (tertiary alicyclic amines) is 1. The number of hydrogen-bond acceptors (Lipinski definition) is 4. The Balaban J connectivity index is 1.73. The molecule has 142 valence electrons. The lowest BCUT2D eigenvalue weighted by molar-refractivity contribution is 0.00990. The fraction of sp³-hybridized carbons (Fsp3) is 0.737. The van der Waals surface area contributed by atoms with Crippen LogP contribution in [0.15, 0.2) is 27.8 Å². The normalized spacial score (nSPS) is 16.4. The lowest BCUT2D eigenvalue weighted by atomic mass is 10.1. The predicted octanol–water partition coefficient (Wildman–Crippen LogP) is 2.70. The molecular weight excluding hydrogens is 318 g/mol. The highest BCUT2D eigenvalue weighted by Gasteiger charge is 2.21. The Kier molecular flexibility index (Phi) is 9.44. The van der Waals surface area contributed by atoms with E-state index in [0.29, 0.717) is 6.10 Å². The molecule has 1 aromatic rings. The van der Waals surface area contributed by atoms with Crippen molar-refractivity contribution in [1.29, 1.82) is 0 Å². The van der Waals surface area contributed by atoms with Crippen molar-refractivity contribution < 1.29 is 13.9 Å². The molecule has 0 atom stereocenters. The first-order chi connectivity index (χ1) is 12.3. The Hall–Kier alpha value is -1.53. The molecular formula is C19H33N3O3. The highest BCUT2D eigenvalue weighted by Crippen LogP contribution is 2.14. The summed E-state index contributed by atoms with van der Waals surface area (Å²) in [5, 5.41) is 3.50. The molecule has 0 aliphatic carbocycles. The largest absolute Gasteiger partial charge is 0.469 e. The van der Waals surface area contributed by atoms with Crippen molar-refractivity contribution in [1.82, 2.24) is 10.2 Å². The molecule has 2 rings (SSSR count). The first kappa shape index (κ1) is 19.8. The Labute approximate surface area is 151 Å². The molecule has 0 amide bonds. The number of aliphatic imine (C=N–C) groups is 1. The van der Waals surface area contributed by atoms with Crippen molar-refractivity contribution in [3.8, 4) is 0 Å². The molecule has 1 saturated heterocycles. The van der Waals surface area contributed by atoms with Crippen LogP contribution in [0, 0.1) is 0 Å². The minimum absolute atomic E-state index is 0.364. The van der Waals surface area contributed by atoms with Crippen LogP contribution in [0.5, 0.6) is 0 Å². The summed E-state index contributed by atoms with van der Waals surface area (Å²) in [6, 6.07) is 3.94. The number of ether oxygens (including phenoxy) is 2. The van der Waals surface area contributed by atoms with Crippen molar-refractivity contribution in [2.75, 3.05) is 46.5 Å². The summed E-state index contributed by atoms with van der Waals surface area (Å²) in [5.74, 6) is 2.02. The predicted molar refractivity (Wildman–Crippen MR) is 100 cm³/mol. The van der Waals surface area contributed by atoms with Crippen LogP contribution in [0.1, 0.15) is 38.4 Å². The van der Waals surface area contributed by atoms with Gasteiger partial charge in [0.05, 0.1) is 12.4 Å². The van der Waals surface area contributed by atoms with Crippen molar-refractivity contribution in [3.63, 3.8) is 0 Å². The molecule has 1 aliphatic rings. The van der Waals surface area contributed by atoms with Crippen LogP contribution in [-0.4, -0.2) is 63.5 Å². The zero-order valence-corrected chi connectivity index (χ0v) is 15.7. The standard InChI is InChI=1S/C19H33N3O3/c1-3-10-20-19(21-11-7-17-6-4-15-24-17)22-12-8-18(9-13-22)25-16-5-14-23-2/h4,6,15,18H,3,5,7-14,16H2,1-2H3,(H,20,21). The summed E-state index contributed by atoms with van der Waals surface area (Å²) >= 11 is 0. The average molecular weight is 351 g/mol. The maximum Gasteiger partial charge on any atom is 0.193 e. The third-order valence-corrected chi connectivity index (χ3v) is 4.31. The minimum atomic E-state index is 0.364. The summed E-state index contributed by atoms with van der Waals surface area (Å²) < 4.78 is 16.4. The number of rotatable bonds is 10. The Morgan fingerprint density at radius 3 is 2.88 bits per heavy atom. The van der Waals surface area contributed by atoms with Gasteiger partial charge in [0.1, 0.15) is 5.76 Å². The molecule has 0 bridgehead atoms. The van der Waals surface area contributed by atoms with Gasteiger partial charge in [-0.15, -0.1) is 0 Å². The zero-order valence-electron chi connectivity index (χ0n) is 15.7. The van der Waals surface area contributed by atoms with Crippen LogP contribution in [-0.2, 0) is 15.9 Å². The van der Waals surface area contributed by atoms with E-state index in [0.717, 1.165) is 83.2 Å². The summed E-state index contributed by atoms with van der Waals surface area (Å²) in [6.07, 6.45) is 7.09. The van der Waals surface area contributed by atoms with Crippen LogP contribution in [0.3, 0.4) is 0 Å². The highest BCUT2D eigenvalue weighted by atomic mass is 16.5. The summed E-state index contributed by atoms with van der Waals surface area (Å²) in [5.41, 5.74) is 0. The molecule has 6 nitrogen and oxygen atoms in total. The molecule has 1 N–H and O–H groups in total. The van der Waals surface area contributed by atoms with Crippen molar-refractivity contribution in [3.05, 3.63) is 24.2 Å². The van der Waals surface area contributed by atoms with E-state index in [1.54, 1.807) is 13.4 Å². The molecule has 0 unspecified atom stereocenters. The van der Waals surface area contributed by atoms with E-state index in [1.165, 1.54) is 0 Å². The van der Waals surface area contributed by atoms with Gasteiger partial charge in [-0.3, -0.25) is 4.99 Å². The van der Waals surface area contributed by atoms with E-state index in [4.69, 9.17) is 18.9 Å². The van der Waals surface area contributed by atoms with Crippen molar-refractivity contribution in [2.45, 2.75) is 45.1 Å². The van der Waals surface area contributed by atoms with Gasteiger partial charge in [-0.1, -0.05) is 6.92 Å². The number of methoxy groups -OCH3 is 1. The molecule has 25 heavy (non-hydrogen) atoms. The molecule has 2 heterocycles. The fourth-order valence-corrected chi connectivity index (χ4v) is 2.93. The molecule has 0 radical (unpaired) electrons.